The van der Waals surface area contributed by atoms with Gasteiger partial charge in [0.05, 0.1) is 17.0 Å². The van der Waals surface area contributed by atoms with Crippen LogP contribution >= 0.6 is 0 Å². The van der Waals surface area contributed by atoms with Gasteiger partial charge >= 0.3 is 5.97 Å². The summed E-state index contributed by atoms with van der Waals surface area (Å²) in [5.74, 6) is 4.27. The Labute approximate surface area is 124 Å². The number of hydrogen-bond acceptors (Lipinski definition) is 3. The number of carboxylic acid groups (broad SMARTS) is 1. The molecule has 1 aliphatic carbocycles. The van der Waals surface area contributed by atoms with E-state index in [0.717, 1.165) is 0 Å². The summed E-state index contributed by atoms with van der Waals surface area (Å²) in [6.07, 6.45) is 1.24. The fraction of sp³-hybridized carbons (Fsp3) is 0.412. The van der Waals surface area contributed by atoms with Crippen LogP contribution in [-0.2, 0) is 0 Å². The van der Waals surface area contributed by atoms with Gasteiger partial charge in [-0.1, -0.05) is 37.8 Å². The maximum Gasteiger partial charge on any atom is 0.336 e. The molecule has 1 fully saturated rings. The van der Waals surface area contributed by atoms with Crippen molar-refractivity contribution in [1.29, 1.82) is 5.26 Å². The summed E-state index contributed by atoms with van der Waals surface area (Å²) in [7, 11) is 0. The fourth-order valence-corrected chi connectivity index (χ4v) is 2.46. The van der Waals surface area contributed by atoms with Gasteiger partial charge < -0.3 is 10.2 Å². The number of aliphatic hydroxyl groups is 1. The topological polar surface area (TPSA) is 81.3 Å². The Morgan fingerprint density at radius 1 is 1.38 bits per heavy atom. The van der Waals surface area contributed by atoms with Crippen molar-refractivity contribution in [1.82, 2.24) is 0 Å². The van der Waals surface area contributed by atoms with Gasteiger partial charge in [-0.05, 0) is 30.9 Å². The highest BCUT2D eigenvalue weighted by atomic mass is 16.4. The first-order valence-electron chi connectivity index (χ1n) is 6.85. The number of carboxylic acids is 1. The van der Waals surface area contributed by atoms with Gasteiger partial charge in [0, 0.05) is 5.56 Å². The predicted octanol–water partition coefficient (Wildman–Crippen LogP) is 2.43. The molecule has 4 nitrogen and oxygen atoms in total. The fourth-order valence-electron chi connectivity index (χ4n) is 2.46. The van der Waals surface area contributed by atoms with E-state index in [2.05, 4.69) is 17.9 Å². The van der Waals surface area contributed by atoms with Crippen molar-refractivity contribution in [3.05, 3.63) is 35.4 Å². The summed E-state index contributed by atoms with van der Waals surface area (Å²) in [5.41, 5.74) is -1.81. The monoisotopic (exact) mass is 283 g/mol. The summed E-state index contributed by atoms with van der Waals surface area (Å²) in [6, 6.07) is 8.57. The lowest BCUT2D eigenvalue weighted by Crippen LogP contribution is -2.42. The molecule has 1 saturated carbocycles. The first-order valence-corrected chi connectivity index (χ1v) is 6.85. The zero-order chi connectivity index (χ0) is 15.7. The molecule has 1 aliphatic rings. The SMILES string of the molecule is CC(C)C(O)(C#Cc1ccccc1C(=O)O)C1(C#N)CC1. The number of carbonyl (C=O) groups is 1. The van der Waals surface area contributed by atoms with E-state index in [9.17, 15) is 15.2 Å². The molecule has 1 aromatic carbocycles. The maximum atomic E-state index is 11.2. The average Bonchev–Trinajstić information content (AvgIpc) is 3.26. The van der Waals surface area contributed by atoms with Crippen LogP contribution in [0.2, 0.25) is 0 Å². The second kappa shape index (κ2) is 5.24. The van der Waals surface area contributed by atoms with Gasteiger partial charge in [-0.15, -0.1) is 0 Å². The highest BCUT2D eigenvalue weighted by Crippen LogP contribution is 2.56. The lowest BCUT2D eigenvalue weighted by molar-refractivity contribution is 0.00475. The molecule has 21 heavy (non-hydrogen) atoms. The van der Waals surface area contributed by atoms with E-state index >= 15 is 0 Å². The van der Waals surface area contributed by atoms with Crippen molar-refractivity contribution in [3.8, 4) is 17.9 Å². The number of nitrogens with zero attached hydrogens (tertiary/aromatic N) is 1. The Balaban J connectivity index is 2.46. The number of nitriles is 1. The predicted molar refractivity (Wildman–Crippen MR) is 77.3 cm³/mol. The molecule has 0 saturated heterocycles. The third-order valence-corrected chi connectivity index (χ3v) is 4.07. The van der Waals surface area contributed by atoms with E-state index in [1.807, 2.05) is 13.8 Å². The molecule has 1 unspecified atom stereocenters. The van der Waals surface area contributed by atoms with Crippen molar-refractivity contribution < 1.29 is 15.0 Å². The second-order valence-corrected chi connectivity index (χ2v) is 5.72. The summed E-state index contributed by atoms with van der Waals surface area (Å²) < 4.78 is 0. The zero-order valence-corrected chi connectivity index (χ0v) is 12.1. The Morgan fingerprint density at radius 2 is 2.00 bits per heavy atom. The molecule has 0 bridgehead atoms. The van der Waals surface area contributed by atoms with Crippen molar-refractivity contribution in [2.75, 3.05) is 0 Å². The number of rotatable bonds is 3. The van der Waals surface area contributed by atoms with Crippen LogP contribution in [-0.4, -0.2) is 21.8 Å². The largest absolute Gasteiger partial charge is 0.478 e. The lowest BCUT2D eigenvalue weighted by atomic mass is 9.77. The summed E-state index contributed by atoms with van der Waals surface area (Å²) in [4.78, 5) is 11.2. The quantitative estimate of drug-likeness (QED) is 0.835. The molecule has 0 spiro atoms. The Bertz CT molecular complexity index is 671. The molecule has 2 rings (SSSR count). The summed E-state index contributed by atoms with van der Waals surface area (Å²) in [6.45, 7) is 3.63. The third kappa shape index (κ3) is 2.51. The highest BCUT2D eigenvalue weighted by molar-refractivity contribution is 5.90. The molecule has 2 N–H and O–H groups in total. The molecule has 1 atom stereocenters. The van der Waals surface area contributed by atoms with Crippen LogP contribution in [0.25, 0.3) is 0 Å². The molecule has 0 heterocycles. The minimum atomic E-state index is -1.42. The van der Waals surface area contributed by atoms with Crippen molar-refractivity contribution in [3.63, 3.8) is 0 Å². The Kier molecular flexibility index (Phi) is 3.77. The number of benzene rings is 1. The van der Waals surface area contributed by atoms with Crippen molar-refractivity contribution >= 4 is 5.97 Å². The van der Waals surface area contributed by atoms with E-state index in [-0.39, 0.29) is 11.5 Å². The lowest BCUT2D eigenvalue weighted by Gasteiger charge is -2.31. The summed E-state index contributed by atoms with van der Waals surface area (Å²) in [5, 5.41) is 29.3. The van der Waals surface area contributed by atoms with E-state index in [1.165, 1.54) is 6.07 Å². The van der Waals surface area contributed by atoms with Crippen LogP contribution in [0.5, 0.6) is 0 Å². The van der Waals surface area contributed by atoms with Crippen LogP contribution in [0.15, 0.2) is 24.3 Å². The van der Waals surface area contributed by atoms with E-state index in [1.54, 1.807) is 18.2 Å². The van der Waals surface area contributed by atoms with E-state index in [4.69, 9.17) is 5.11 Å². The van der Waals surface area contributed by atoms with E-state index < -0.39 is 17.0 Å². The molecular formula is C17H17NO3. The number of hydrogen-bond donors (Lipinski definition) is 2. The van der Waals surface area contributed by atoms with Crippen molar-refractivity contribution in [2.24, 2.45) is 11.3 Å². The van der Waals surface area contributed by atoms with Crippen LogP contribution in [0.4, 0.5) is 0 Å². The van der Waals surface area contributed by atoms with Gasteiger partial charge in [0.25, 0.3) is 0 Å². The number of aromatic carboxylic acids is 1. The maximum absolute atomic E-state index is 11.2. The average molecular weight is 283 g/mol. The van der Waals surface area contributed by atoms with E-state index in [0.29, 0.717) is 18.4 Å². The molecule has 4 heteroatoms. The minimum Gasteiger partial charge on any atom is -0.478 e. The molecule has 0 aromatic heterocycles. The Hall–Kier alpha value is -2.30. The smallest absolute Gasteiger partial charge is 0.336 e. The minimum absolute atomic E-state index is 0.0953. The van der Waals surface area contributed by atoms with Gasteiger partial charge in [-0.3, -0.25) is 0 Å². The van der Waals surface area contributed by atoms with Gasteiger partial charge in [0.2, 0.25) is 0 Å². The normalized spacial score (nSPS) is 18.0. The molecular weight excluding hydrogens is 266 g/mol. The Morgan fingerprint density at radius 3 is 2.48 bits per heavy atom. The zero-order valence-electron chi connectivity index (χ0n) is 12.1. The van der Waals surface area contributed by atoms with Gasteiger partial charge in [0.15, 0.2) is 0 Å². The standard InChI is InChI=1S/C17H17NO3/c1-12(2)17(21,16(11-18)9-10-16)8-7-13-5-3-4-6-14(13)15(19)20/h3-6,12,21H,9-10H2,1-2H3,(H,19,20). The van der Waals surface area contributed by atoms with Gasteiger partial charge in [-0.25, -0.2) is 4.79 Å². The third-order valence-electron chi connectivity index (χ3n) is 4.07. The van der Waals surface area contributed by atoms with Gasteiger partial charge in [-0.2, -0.15) is 5.26 Å². The first kappa shape index (κ1) is 15.1. The molecule has 0 amide bonds. The second-order valence-electron chi connectivity index (χ2n) is 5.72. The van der Waals surface area contributed by atoms with Crippen LogP contribution in [0, 0.1) is 34.5 Å². The molecule has 0 radical (unpaired) electrons. The van der Waals surface area contributed by atoms with Crippen LogP contribution in [0.1, 0.15) is 42.6 Å². The van der Waals surface area contributed by atoms with Gasteiger partial charge in [0.1, 0.15) is 5.60 Å². The molecule has 108 valence electrons. The highest BCUT2D eigenvalue weighted by Gasteiger charge is 2.60. The summed E-state index contributed by atoms with van der Waals surface area (Å²) >= 11 is 0. The molecule has 0 aliphatic heterocycles. The van der Waals surface area contributed by atoms with Crippen LogP contribution < -0.4 is 0 Å². The first-order chi connectivity index (χ1) is 9.86. The molecule has 1 aromatic rings. The van der Waals surface area contributed by atoms with Crippen LogP contribution in [0.3, 0.4) is 0 Å². The van der Waals surface area contributed by atoms with Crippen molar-refractivity contribution in [2.45, 2.75) is 32.3 Å².